The van der Waals surface area contributed by atoms with Crippen molar-refractivity contribution < 1.29 is 19.0 Å². The monoisotopic (exact) mass is 555 g/mol. The summed E-state index contributed by atoms with van der Waals surface area (Å²) in [7, 11) is 0. The minimum Gasteiger partial charge on any atom is -0.463 e. The van der Waals surface area contributed by atoms with E-state index in [1.54, 1.807) is 0 Å². The van der Waals surface area contributed by atoms with Crippen LogP contribution in [0.1, 0.15) is 187 Å². The first kappa shape index (κ1) is 38.4. The van der Waals surface area contributed by atoms with Crippen LogP contribution in [0.4, 0.5) is 0 Å². The van der Waals surface area contributed by atoms with Crippen molar-refractivity contribution in [3.05, 3.63) is 0 Å². The normalized spacial score (nSPS) is 11.3. The molecule has 0 aromatic carbocycles. The van der Waals surface area contributed by atoms with Crippen LogP contribution in [0.3, 0.4) is 0 Å². The molecule has 0 rings (SSSR count). The van der Waals surface area contributed by atoms with Gasteiger partial charge in [0.05, 0.1) is 19.8 Å². The smallest absolute Gasteiger partial charge is 0.305 e. The first-order valence-electron chi connectivity index (χ1n) is 17.6. The maximum Gasteiger partial charge on any atom is 0.305 e. The largest absolute Gasteiger partial charge is 0.463 e. The maximum absolute atomic E-state index is 11.8. The zero-order chi connectivity index (χ0) is 28.3. The lowest BCUT2D eigenvalue weighted by atomic mass is 10.0. The summed E-state index contributed by atoms with van der Waals surface area (Å²) in [6.07, 6.45) is 35.5. The van der Waals surface area contributed by atoms with Gasteiger partial charge in [-0.2, -0.15) is 0 Å². The van der Waals surface area contributed by atoms with Crippen LogP contribution in [0, 0.1) is 0 Å². The Bertz CT molecular complexity index is 454. The summed E-state index contributed by atoms with van der Waals surface area (Å²) in [5, 5.41) is 0. The van der Waals surface area contributed by atoms with Crippen LogP contribution in [-0.4, -0.2) is 39.0 Å². The van der Waals surface area contributed by atoms with Gasteiger partial charge < -0.3 is 14.2 Å². The van der Waals surface area contributed by atoms with Gasteiger partial charge in [0, 0.05) is 13.0 Å². The molecule has 0 amide bonds. The second-order valence-corrected chi connectivity index (χ2v) is 11.7. The molecule has 0 unspecified atom stereocenters. The third-order valence-corrected chi connectivity index (χ3v) is 7.74. The van der Waals surface area contributed by atoms with Crippen molar-refractivity contribution in [2.75, 3.05) is 33.0 Å². The van der Waals surface area contributed by atoms with Crippen molar-refractivity contribution in [2.45, 2.75) is 187 Å². The number of esters is 1. The fourth-order valence-electron chi connectivity index (χ4n) is 5.12. The van der Waals surface area contributed by atoms with Crippen molar-refractivity contribution in [2.24, 2.45) is 0 Å². The predicted molar refractivity (Wildman–Crippen MR) is 169 cm³/mol. The molecule has 0 aliphatic carbocycles. The fraction of sp³-hybridized carbons (Fsp3) is 0.971. The van der Waals surface area contributed by atoms with E-state index < -0.39 is 0 Å². The first-order chi connectivity index (χ1) is 19.3. The summed E-state index contributed by atoms with van der Waals surface area (Å²) in [4.78, 5) is 11.8. The summed E-state index contributed by atoms with van der Waals surface area (Å²) >= 11 is 0. The van der Waals surface area contributed by atoms with Crippen molar-refractivity contribution in [1.82, 2.24) is 0 Å². The molecule has 4 heteroatoms. The molecule has 0 atom stereocenters. The molecule has 0 heterocycles. The van der Waals surface area contributed by atoms with Crippen molar-refractivity contribution in [1.29, 1.82) is 0 Å². The highest BCUT2D eigenvalue weighted by Gasteiger charge is 2.03. The van der Waals surface area contributed by atoms with Crippen LogP contribution in [-0.2, 0) is 19.0 Å². The summed E-state index contributed by atoms with van der Waals surface area (Å²) in [5.41, 5.74) is 0. The molecule has 0 aromatic heterocycles. The van der Waals surface area contributed by atoms with Crippen LogP contribution < -0.4 is 0 Å². The number of carbonyl (C=O) groups is 1. The van der Waals surface area contributed by atoms with E-state index in [2.05, 4.69) is 13.8 Å². The second-order valence-electron chi connectivity index (χ2n) is 11.7. The van der Waals surface area contributed by atoms with Gasteiger partial charge in [0.1, 0.15) is 6.61 Å². The molecule has 0 aliphatic rings. The van der Waals surface area contributed by atoms with E-state index in [-0.39, 0.29) is 5.97 Å². The van der Waals surface area contributed by atoms with E-state index in [0.717, 1.165) is 25.9 Å². The third kappa shape index (κ3) is 35.4. The molecule has 0 saturated carbocycles. The van der Waals surface area contributed by atoms with Gasteiger partial charge in [-0.1, -0.05) is 168 Å². The minimum atomic E-state index is -0.0824. The molecule has 0 aromatic rings. The molecular weight excluding hydrogens is 484 g/mol. The van der Waals surface area contributed by atoms with Gasteiger partial charge >= 0.3 is 5.97 Å². The van der Waals surface area contributed by atoms with E-state index >= 15 is 0 Å². The average Bonchev–Trinajstić information content (AvgIpc) is 2.94. The number of rotatable bonds is 34. The fourth-order valence-corrected chi connectivity index (χ4v) is 5.12. The molecule has 0 aliphatic heterocycles. The van der Waals surface area contributed by atoms with Gasteiger partial charge in [0.25, 0.3) is 0 Å². The highest BCUT2D eigenvalue weighted by atomic mass is 16.6. The molecular formula is C35H70O4. The van der Waals surface area contributed by atoms with Crippen molar-refractivity contribution in [3.8, 4) is 0 Å². The van der Waals surface area contributed by atoms with Gasteiger partial charge in [0.2, 0.25) is 0 Å². The summed E-state index contributed by atoms with van der Waals surface area (Å²) < 4.78 is 16.4. The molecule has 0 saturated heterocycles. The topological polar surface area (TPSA) is 44.8 Å². The van der Waals surface area contributed by atoms with Crippen LogP contribution >= 0.6 is 0 Å². The van der Waals surface area contributed by atoms with Crippen molar-refractivity contribution in [3.63, 3.8) is 0 Å². The lowest BCUT2D eigenvalue weighted by molar-refractivity contribution is -0.145. The van der Waals surface area contributed by atoms with Crippen LogP contribution in [0.15, 0.2) is 0 Å². The van der Waals surface area contributed by atoms with Gasteiger partial charge in [-0.15, -0.1) is 0 Å². The van der Waals surface area contributed by atoms with Crippen LogP contribution in [0.5, 0.6) is 0 Å². The lowest BCUT2D eigenvalue weighted by Crippen LogP contribution is -2.13. The van der Waals surface area contributed by atoms with E-state index in [0.29, 0.717) is 32.8 Å². The number of ether oxygens (including phenoxy) is 3. The van der Waals surface area contributed by atoms with E-state index in [4.69, 9.17) is 14.2 Å². The zero-order valence-corrected chi connectivity index (χ0v) is 26.8. The third-order valence-electron chi connectivity index (χ3n) is 7.74. The van der Waals surface area contributed by atoms with Crippen LogP contribution in [0.2, 0.25) is 0 Å². The average molecular weight is 555 g/mol. The molecule has 39 heavy (non-hydrogen) atoms. The Balaban J connectivity index is 3.14. The Morgan fingerprint density at radius 1 is 0.359 bits per heavy atom. The maximum atomic E-state index is 11.8. The Morgan fingerprint density at radius 2 is 0.667 bits per heavy atom. The Kier molecular flexibility index (Phi) is 34.9. The molecule has 234 valence electrons. The van der Waals surface area contributed by atoms with Gasteiger partial charge in [-0.3, -0.25) is 4.79 Å². The number of hydrogen-bond donors (Lipinski definition) is 0. The lowest BCUT2D eigenvalue weighted by Gasteiger charge is -2.07. The van der Waals surface area contributed by atoms with Gasteiger partial charge in [-0.05, 0) is 12.8 Å². The van der Waals surface area contributed by atoms with Crippen LogP contribution in [0.25, 0.3) is 0 Å². The summed E-state index contributed by atoms with van der Waals surface area (Å²) in [6, 6.07) is 0. The number of carbonyl (C=O) groups excluding carboxylic acids is 1. The zero-order valence-electron chi connectivity index (χ0n) is 26.8. The first-order valence-corrected chi connectivity index (χ1v) is 17.6. The number of hydrogen-bond acceptors (Lipinski definition) is 4. The minimum absolute atomic E-state index is 0.0824. The van der Waals surface area contributed by atoms with E-state index in [1.165, 1.54) is 148 Å². The molecule has 0 N–H and O–H groups in total. The SMILES string of the molecule is CCCCCCCCCCCCCCCCCC(=O)OCCOCCOCCCCCCCCCCCCC. The molecule has 0 spiro atoms. The Morgan fingerprint density at radius 3 is 1.08 bits per heavy atom. The Labute approximate surface area is 245 Å². The quantitative estimate of drug-likeness (QED) is 0.0586. The molecule has 0 radical (unpaired) electrons. The standard InChI is InChI=1S/C35H70O4/c1-3-5-7-9-11-13-15-16-17-18-19-21-23-25-27-29-35(36)39-34-33-38-32-31-37-30-28-26-24-22-20-14-12-10-8-6-4-2/h3-34H2,1-2H3. The summed E-state index contributed by atoms with van der Waals surface area (Å²) in [5.74, 6) is -0.0824. The molecule has 0 fully saturated rings. The highest BCUT2D eigenvalue weighted by molar-refractivity contribution is 5.69. The van der Waals surface area contributed by atoms with E-state index in [1.807, 2.05) is 0 Å². The summed E-state index contributed by atoms with van der Waals surface area (Å²) in [6.45, 7) is 7.42. The second kappa shape index (κ2) is 35.4. The van der Waals surface area contributed by atoms with Crippen molar-refractivity contribution >= 4 is 5.97 Å². The molecule has 0 bridgehead atoms. The van der Waals surface area contributed by atoms with E-state index in [9.17, 15) is 4.79 Å². The van der Waals surface area contributed by atoms with Gasteiger partial charge in [0.15, 0.2) is 0 Å². The Hall–Kier alpha value is -0.610. The molecule has 4 nitrogen and oxygen atoms in total. The highest BCUT2D eigenvalue weighted by Crippen LogP contribution is 2.14. The predicted octanol–water partition coefficient (Wildman–Crippen LogP) is 11.1. The van der Waals surface area contributed by atoms with Gasteiger partial charge in [-0.25, -0.2) is 0 Å². The number of unbranched alkanes of at least 4 members (excludes halogenated alkanes) is 24.